The number of pyridine rings is 1. The number of aromatic nitrogens is 4. The predicted octanol–water partition coefficient (Wildman–Crippen LogP) is 6.28. The summed E-state index contributed by atoms with van der Waals surface area (Å²) in [5, 5.41) is 0.410. The number of ether oxygens (including phenoxy) is 2. The second-order valence-electron chi connectivity index (χ2n) is 13.1. The highest BCUT2D eigenvalue weighted by Gasteiger charge is 2.50. The van der Waals surface area contributed by atoms with Gasteiger partial charge in [0.15, 0.2) is 16.7 Å². The molecule has 248 valence electrons. The summed E-state index contributed by atoms with van der Waals surface area (Å²) in [6, 6.07) is 6.16. The molecule has 2 saturated heterocycles. The number of nitrogens with two attached hydrogens (primary N) is 2. The molecule has 4 aliphatic rings. The van der Waals surface area contributed by atoms with Crippen LogP contribution in [0.4, 0.5) is 29.9 Å². The zero-order valence-corrected chi connectivity index (χ0v) is 27.1. The summed E-state index contributed by atoms with van der Waals surface area (Å²) in [6.07, 6.45) is 3.96. The van der Waals surface area contributed by atoms with E-state index in [1.54, 1.807) is 12.3 Å². The lowest BCUT2D eigenvalue weighted by Crippen LogP contribution is -2.52. The summed E-state index contributed by atoms with van der Waals surface area (Å²) in [4.78, 5) is 22.3. The van der Waals surface area contributed by atoms with Crippen molar-refractivity contribution in [2.75, 3.05) is 36.1 Å². The second kappa shape index (κ2) is 10.9. The number of fused-ring (bicyclic) bond motifs is 3. The molecular weight excluding hydrogens is 665 g/mol. The summed E-state index contributed by atoms with van der Waals surface area (Å²) < 4.78 is 59.7. The molecule has 1 saturated carbocycles. The molecule has 6 heterocycles. The molecule has 1 unspecified atom stereocenters. The summed E-state index contributed by atoms with van der Waals surface area (Å²) in [7, 11) is 0. The van der Waals surface area contributed by atoms with Crippen LogP contribution in [0, 0.1) is 11.6 Å². The van der Waals surface area contributed by atoms with E-state index in [-0.39, 0.29) is 72.9 Å². The summed E-state index contributed by atoms with van der Waals surface area (Å²) >= 11 is 8.06. The Bertz CT molecular complexity index is 2140. The van der Waals surface area contributed by atoms with Gasteiger partial charge in [0, 0.05) is 42.4 Å². The smallest absolute Gasteiger partial charge is 0.319 e. The maximum absolute atomic E-state index is 17.2. The Kier molecular flexibility index (Phi) is 6.83. The van der Waals surface area contributed by atoms with Gasteiger partial charge in [0.2, 0.25) is 0 Å². The molecule has 0 spiro atoms. The minimum Gasteiger partial charge on any atom is -0.486 e. The number of halogens is 4. The molecule has 15 heteroatoms. The first kappa shape index (κ1) is 30.0. The molecule has 4 N–H and O–H groups in total. The molecule has 3 aromatic heterocycles. The van der Waals surface area contributed by atoms with Crippen LogP contribution in [0.5, 0.6) is 11.8 Å². The van der Waals surface area contributed by atoms with E-state index in [0.717, 1.165) is 49.1 Å². The van der Waals surface area contributed by atoms with Crippen molar-refractivity contribution in [2.45, 2.75) is 62.5 Å². The van der Waals surface area contributed by atoms with Crippen LogP contribution in [0.3, 0.4) is 0 Å². The minimum atomic E-state index is -0.943. The van der Waals surface area contributed by atoms with E-state index in [0.29, 0.717) is 31.1 Å². The maximum Gasteiger partial charge on any atom is 0.319 e. The van der Waals surface area contributed by atoms with E-state index in [1.807, 2.05) is 11.0 Å². The topological polar surface area (TPSA) is 129 Å². The minimum absolute atomic E-state index is 0.00757. The lowest BCUT2D eigenvalue weighted by atomic mass is 9.87. The Morgan fingerprint density at radius 3 is 2.81 bits per heavy atom. The first-order valence-electron chi connectivity index (χ1n) is 15.9. The monoisotopic (exact) mass is 694 g/mol. The first-order valence-corrected chi connectivity index (χ1v) is 17.1. The maximum atomic E-state index is 17.2. The van der Waals surface area contributed by atoms with Gasteiger partial charge in [-0.15, -0.1) is 0 Å². The third-order valence-corrected chi connectivity index (χ3v) is 11.6. The van der Waals surface area contributed by atoms with Crippen molar-refractivity contribution in [2.24, 2.45) is 0 Å². The van der Waals surface area contributed by atoms with Gasteiger partial charge in [-0.2, -0.15) is 9.97 Å². The standard InChI is InChI=1S/C33H30ClF3N8O2S/c34-23-21(17-4-5-18(36)28-25(17)41-31(39)48-28)24(37)26-22-27(23)47-20-7-6-19(20)45(12-15-3-1-9-40-29(15)38)30(22)43-32(42-26)46-14-33-8-2-10-44(33)13-16(35)11-33/h1,3-5,9,16,19-20H,2,6-8,10-14H2,(H2,38,40)(H2,39,41)/t16-,19?,20-,33+/m1/s1. The zero-order valence-electron chi connectivity index (χ0n) is 25.6. The Labute approximate surface area is 281 Å². The summed E-state index contributed by atoms with van der Waals surface area (Å²) in [5.74, 6) is -0.328. The van der Waals surface area contributed by atoms with Crippen molar-refractivity contribution >= 4 is 60.8 Å². The zero-order chi connectivity index (χ0) is 32.9. The Morgan fingerprint density at radius 2 is 2.00 bits per heavy atom. The highest BCUT2D eigenvalue weighted by molar-refractivity contribution is 7.22. The number of nitrogen functional groups attached to an aromatic ring is 2. The van der Waals surface area contributed by atoms with Crippen LogP contribution < -0.4 is 25.8 Å². The number of alkyl halides is 1. The number of hydrogen-bond acceptors (Lipinski definition) is 11. The SMILES string of the molecule is Nc1nc2c(-c3c(Cl)c4c5c(nc(OC[C@@]67CCCN6C[C@H](F)C7)nc5c3F)N(Cc3cccnc3N)C3CC[C@H]3O4)ccc(F)c2s1. The van der Waals surface area contributed by atoms with Gasteiger partial charge in [0.1, 0.15) is 41.9 Å². The molecule has 5 aromatic rings. The van der Waals surface area contributed by atoms with Gasteiger partial charge in [-0.1, -0.05) is 29.0 Å². The van der Waals surface area contributed by atoms with Crippen molar-refractivity contribution in [1.29, 1.82) is 0 Å². The van der Waals surface area contributed by atoms with Crippen LogP contribution in [-0.2, 0) is 6.54 Å². The van der Waals surface area contributed by atoms with Gasteiger partial charge in [-0.05, 0) is 50.4 Å². The molecular formula is C33H30ClF3N8O2S. The third kappa shape index (κ3) is 4.48. The van der Waals surface area contributed by atoms with Gasteiger partial charge in [-0.25, -0.2) is 23.1 Å². The van der Waals surface area contributed by atoms with Crippen LogP contribution in [0.15, 0.2) is 30.5 Å². The van der Waals surface area contributed by atoms with Gasteiger partial charge >= 0.3 is 6.01 Å². The molecule has 0 radical (unpaired) electrons. The van der Waals surface area contributed by atoms with Crippen LogP contribution in [0.2, 0.25) is 5.02 Å². The van der Waals surface area contributed by atoms with Gasteiger partial charge in [0.05, 0.1) is 32.2 Å². The Hall–Kier alpha value is -4.14. The average molecular weight is 695 g/mol. The summed E-state index contributed by atoms with van der Waals surface area (Å²) in [6.45, 7) is 1.62. The highest BCUT2D eigenvalue weighted by Crippen LogP contribution is 2.52. The number of thiazole rings is 1. The fourth-order valence-corrected chi connectivity index (χ4v) is 9.00. The highest BCUT2D eigenvalue weighted by atomic mass is 35.5. The van der Waals surface area contributed by atoms with Crippen LogP contribution in [0.1, 0.15) is 37.7 Å². The van der Waals surface area contributed by atoms with E-state index in [2.05, 4.69) is 19.9 Å². The van der Waals surface area contributed by atoms with Gasteiger partial charge in [-0.3, -0.25) is 4.90 Å². The third-order valence-electron chi connectivity index (χ3n) is 10.3. The fourth-order valence-electron chi connectivity index (χ4n) is 7.91. The van der Waals surface area contributed by atoms with Crippen molar-refractivity contribution in [3.8, 4) is 22.9 Å². The largest absolute Gasteiger partial charge is 0.486 e. The van der Waals surface area contributed by atoms with E-state index in [1.165, 1.54) is 12.1 Å². The molecule has 0 bridgehead atoms. The Morgan fingerprint density at radius 1 is 1.12 bits per heavy atom. The molecule has 3 aliphatic heterocycles. The van der Waals surface area contributed by atoms with E-state index in [9.17, 15) is 8.78 Å². The molecule has 1 aliphatic carbocycles. The molecule has 48 heavy (non-hydrogen) atoms. The van der Waals surface area contributed by atoms with E-state index < -0.39 is 23.3 Å². The number of rotatable bonds is 6. The van der Waals surface area contributed by atoms with Crippen LogP contribution >= 0.6 is 22.9 Å². The van der Waals surface area contributed by atoms with Crippen LogP contribution in [0.25, 0.3) is 32.2 Å². The fraction of sp³-hybridized carbons (Fsp3) is 0.394. The molecule has 3 fully saturated rings. The van der Waals surface area contributed by atoms with Crippen molar-refractivity contribution in [3.05, 3.63) is 52.7 Å². The van der Waals surface area contributed by atoms with E-state index in [4.69, 9.17) is 37.5 Å². The van der Waals surface area contributed by atoms with Crippen molar-refractivity contribution in [3.63, 3.8) is 0 Å². The van der Waals surface area contributed by atoms with Gasteiger partial charge in [0.25, 0.3) is 0 Å². The lowest BCUT2D eigenvalue weighted by molar-refractivity contribution is 0.0915. The molecule has 9 rings (SSSR count). The number of anilines is 3. The van der Waals surface area contributed by atoms with Gasteiger partial charge < -0.3 is 25.8 Å². The second-order valence-corrected chi connectivity index (χ2v) is 14.5. The number of nitrogens with zero attached hydrogens (tertiary/aromatic N) is 6. The van der Waals surface area contributed by atoms with Crippen molar-refractivity contribution in [1.82, 2.24) is 24.8 Å². The predicted molar refractivity (Wildman–Crippen MR) is 178 cm³/mol. The average Bonchev–Trinajstić information content (AvgIpc) is 3.71. The molecule has 2 aromatic carbocycles. The normalized spacial score (nSPS) is 24.8. The number of hydrogen-bond donors (Lipinski definition) is 2. The summed E-state index contributed by atoms with van der Waals surface area (Å²) in [5.41, 5.74) is 12.9. The number of benzene rings is 2. The van der Waals surface area contributed by atoms with Crippen molar-refractivity contribution < 1.29 is 22.6 Å². The lowest BCUT2D eigenvalue weighted by Gasteiger charge is -2.42. The van der Waals surface area contributed by atoms with Crippen LogP contribution in [-0.4, -0.2) is 68.4 Å². The molecule has 4 atom stereocenters. The molecule has 0 amide bonds. The quantitative estimate of drug-likeness (QED) is 0.210. The van der Waals surface area contributed by atoms with E-state index >= 15 is 4.39 Å². The Balaban J connectivity index is 1.26. The molecule has 10 nitrogen and oxygen atoms in total. The first-order chi connectivity index (χ1) is 23.2.